The zero-order chi connectivity index (χ0) is 19.7. The summed E-state index contributed by atoms with van der Waals surface area (Å²) in [7, 11) is 0. The monoisotopic (exact) mass is 375 g/mol. The molecular weight excluding hydrogens is 354 g/mol. The number of aryl methyl sites for hydroxylation is 1. The molecular formula is C27H21NO. The first-order chi connectivity index (χ1) is 14.3. The summed E-state index contributed by atoms with van der Waals surface area (Å²) in [6.07, 6.45) is 0. The summed E-state index contributed by atoms with van der Waals surface area (Å²) in [5.41, 5.74) is 5.57. The Hall–Kier alpha value is -3.65. The van der Waals surface area contributed by atoms with E-state index < -0.39 is 5.60 Å². The number of ether oxygens (including phenoxy) is 1. The van der Waals surface area contributed by atoms with Gasteiger partial charge in [0.25, 0.3) is 0 Å². The van der Waals surface area contributed by atoms with Crippen LogP contribution in [0.4, 0.5) is 5.69 Å². The van der Waals surface area contributed by atoms with Crippen molar-refractivity contribution in [1.29, 1.82) is 0 Å². The zero-order valence-electron chi connectivity index (χ0n) is 16.2. The Labute approximate surface area is 171 Å². The molecule has 0 aromatic heterocycles. The van der Waals surface area contributed by atoms with E-state index in [0.717, 1.165) is 27.9 Å². The van der Waals surface area contributed by atoms with Gasteiger partial charge >= 0.3 is 0 Å². The Bertz CT molecular complexity index is 1120. The highest BCUT2D eigenvalue weighted by molar-refractivity contribution is 5.98. The van der Waals surface area contributed by atoms with Crippen LogP contribution in [0.1, 0.15) is 27.8 Å². The van der Waals surface area contributed by atoms with Crippen LogP contribution >= 0.6 is 0 Å². The van der Waals surface area contributed by atoms with E-state index in [0.29, 0.717) is 5.90 Å². The number of hydrogen-bond acceptors (Lipinski definition) is 2. The third-order valence-electron chi connectivity index (χ3n) is 5.41. The van der Waals surface area contributed by atoms with Crippen molar-refractivity contribution in [2.45, 2.75) is 12.5 Å². The smallest absolute Gasteiger partial charge is 0.222 e. The second-order valence-electron chi connectivity index (χ2n) is 7.32. The lowest BCUT2D eigenvalue weighted by Crippen LogP contribution is -2.37. The fourth-order valence-corrected chi connectivity index (χ4v) is 3.96. The maximum Gasteiger partial charge on any atom is 0.222 e. The summed E-state index contributed by atoms with van der Waals surface area (Å²) in [6.45, 7) is 2.08. The molecule has 2 heteroatoms. The highest BCUT2D eigenvalue weighted by atomic mass is 16.5. The molecule has 0 amide bonds. The minimum absolute atomic E-state index is 0.636. The minimum Gasteiger partial charge on any atom is -0.456 e. The number of rotatable bonds is 3. The molecule has 0 unspecified atom stereocenters. The molecule has 140 valence electrons. The van der Waals surface area contributed by atoms with Gasteiger partial charge in [0.05, 0.1) is 5.69 Å². The summed E-state index contributed by atoms with van der Waals surface area (Å²) in [5.74, 6) is 0.636. The molecule has 0 N–H and O–H groups in total. The minimum atomic E-state index is -0.763. The van der Waals surface area contributed by atoms with Gasteiger partial charge in [-0.2, -0.15) is 0 Å². The van der Waals surface area contributed by atoms with Crippen LogP contribution in [-0.4, -0.2) is 5.90 Å². The van der Waals surface area contributed by atoms with E-state index in [4.69, 9.17) is 9.73 Å². The number of aliphatic imine (C=N–C) groups is 1. The van der Waals surface area contributed by atoms with Crippen molar-refractivity contribution in [3.8, 4) is 0 Å². The average molecular weight is 375 g/mol. The number of nitrogens with zero attached hydrogens (tertiary/aromatic N) is 1. The van der Waals surface area contributed by atoms with Crippen molar-refractivity contribution >= 4 is 11.6 Å². The molecule has 29 heavy (non-hydrogen) atoms. The Morgan fingerprint density at radius 2 is 1.17 bits per heavy atom. The normalized spacial score (nSPS) is 14.4. The van der Waals surface area contributed by atoms with Gasteiger partial charge < -0.3 is 4.74 Å². The lowest BCUT2D eigenvalue weighted by atomic mass is 9.78. The summed E-state index contributed by atoms with van der Waals surface area (Å²) in [4.78, 5) is 4.89. The highest BCUT2D eigenvalue weighted by Crippen LogP contribution is 2.47. The quantitative estimate of drug-likeness (QED) is 0.406. The molecule has 0 aliphatic carbocycles. The van der Waals surface area contributed by atoms with E-state index in [2.05, 4.69) is 97.9 Å². The largest absolute Gasteiger partial charge is 0.456 e. The van der Waals surface area contributed by atoms with E-state index in [9.17, 15) is 0 Å². The first-order valence-electron chi connectivity index (χ1n) is 9.83. The van der Waals surface area contributed by atoms with Crippen molar-refractivity contribution in [3.63, 3.8) is 0 Å². The Morgan fingerprint density at radius 3 is 1.79 bits per heavy atom. The SMILES string of the molecule is Cc1ccc(C2=Nc3ccccc3C(c3ccccc3)(c3ccccc3)O2)cc1. The molecule has 0 fully saturated rings. The molecule has 0 radical (unpaired) electrons. The van der Waals surface area contributed by atoms with Gasteiger partial charge in [0.2, 0.25) is 5.90 Å². The van der Waals surface area contributed by atoms with Crippen LogP contribution in [0.25, 0.3) is 0 Å². The number of para-hydroxylation sites is 1. The predicted molar refractivity (Wildman–Crippen MR) is 118 cm³/mol. The van der Waals surface area contributed by atoms with E-state index >= 15 is 0 Å². The number of hydrogen-bond donors (Lipinski definition) is 0. The number of benzene rings is 4. The van der Waals surface area contributed by atoms with Crippen LogP contribution in [0.2, 0.25) is 0 Å². The van der Waals surface area contributed by atoms with Crippen LogP contribution in [0.5, 0.6) is 0 Å². The summed E-state index contributed by atoms with van der Waals surface area (Å²) in [6, 6.07) is 37.4. The molecule has 4 aromatic carbocycles. The van der Waals surface area contributed by atoms with Crippen LogP contribution in [0.15, 0.2) is 114 Å². The third kappa shape index (κ3) is 2.94. The highest BCUT2D eigenvalue weighted by Gasteiger charge is 2.44. The van der Waals surface area contributed by atoms with Crippen molar-refractivity contribution in [2.75, 3.05) is 0 Å². The zero-order valence-corrected chi connectivity index (χ0v) is 16.2. The summed E-state index contributed by atoms with van der Waals surface area (Å²) < 4.78 is 6.85. The average Bonchev–Trinajstić information content (AvgIpc) is 2.80. The van der Waals surface area contributed by atoms with Gasteiger partial charge in [0, 0.05) is 22.3 Å². The fourth-order valence-electron chi connectivity index (χ4n) is 3.96. The van der Waals surface area contributed by atoms with Crippen LogP contribution in [0.3, 0.4) is 0 Å². The molecule has 4 aromatic rings. The second kappa shape index (κ2) is 7.06. The standard InChI is InChI=1S/C27H21NO/c1-20-16-18-21(19-17-20)26-28-25-15-9-8-14-24(25)27(29-26,22-10-4-2-5-11-22)23-12-6-3-7-13-23/h2-19H,1H3. The van der Waals surface area contributed by atoms with Gasteiger partial charge in [-0.15, -0.1) is 0 Å². The van der Waals surface area contributed by atoms with Crippen LogP contribution < -0.4 is 0 Å². The molecule has 1 aliphatic heterocycles. The predicted octanol–water partition coefficient (Wildman–Crippen LogP) is 6.40. The van der Waals surface area contributed by atoms with Gasteiger partial charge in [-0.3, -0.25) is 0 Å². The van der Waals surface area contributed by atoms with E-state index in [-0.39, 0.29) is 0 Å². The first-order valence-corrected chi connectivity index (χ1v) is 9.83. The van der Waals surface area contributed by atoms with Gasteiger partial charge in [-0.05, 0) is 25.1 Å². The van der Waals surface area contributed by atoms with Gasteiger partial charge in [0.15, 0.2) is 5.60 Å². The topological polar surface area (TPSA) is 21.6 Å². The molecule has 1 heterocycles. The fraction of sp³-hybridized carbons (Fsp3) is 0.0741. The molecule has 0 spiro atoms. The van der Waals surface area contributed by atoms with Gasteiger partial charge in [0.1, 0.15) is 0 Å². The Kier molecular flexibility index (Phi) is 4.25. The second-order valence-corrected chi connectivity index (χ2v) is 7.32. The van der Waals surface area contributed by atoms with Crippen LogP contribution in [-0.2, 0) is 10.3 Å². The lowest BCUT2D eigenvalue weighted by molar-refractivity contribution is 0.137. The molecule has 0 bridgehead atoms. The van der Waals surface area contributed by atoms with Crippen molar-refractivity contribution in [3.05, 3.63) is 137 Å². The van der Waals surface area contributed by atoms with E-state index in [1.54, 1.807) is 0 Å². The van der Waals surface area contributed by atoms with Crippen molar-refractivity contribution < 1.29 is 4.74 Å². The van der Waals surface area contributed by atoms with Gasteiger partial charge in [-0.1, -0.05) is 96.6 Å². The maximum absolute atomic E-state index is 6.85. The Morgan fingerprint density at radius 1 is 0.621 bits per heavy atom. The lowest BCUT2D eigenvalue weighted by Gasteiger charge is -2.39. The maximum atomic E-state index is 6.85. The van der Waals surface area contributed by atoms with Crippen molar-refractivity contribution in [2.24, 2.45) is 4.99 Å². The molecule has 5 rings (SSSR count). The molecule has 1 aliphatic rings. The summed E-state index contributed by atoms with van der Waals surface area (Å²) >= 11 is 0. The van der Waals surface area contributed by atoms with E-state index in [1.807, 2.05) is 18.2 Å². The van der Waals surface area contributed by atoms with Crippen LogP contribution in [0, 0.1) is 6.92 Å². The molecule has 0 saturated heterocycles. The molecule has 2 nitrogen and oxygen atoms in total. The van der Waals surface area contributed by atoms with E-state index in [1.165, 1.54) is 5.56 Å². The number of fused-ring (bicyclic) bond motifs is 1. The first kappa shape index (κ1) is 17.4. The third-order valence-corrected chi connectivity index (χ3v) is 5.41. The summed E-state index contributed by atoms with van der Waals surface area (Å²) in [5, 5.41) is 0. The molecule has 0 atom stereocenters. The Balaban J connectivity index is 1.80. The molecule has 0 saturated carbocycles. The van der Waals surface area contributed by atoms with Crippen molar-refractivity contribution in [1.82, 2.24) is 0 Å². The van der Waals surface area contributed by atoms with Gasteiger partial charge in [-0.25, -0.2) is 4.99 Å².